The molecule has 0 fully saturated rings. The SMILES string of the molecule is CCCn1ncc(NC(C)(C)CCO)c(Br)c1=O. The molecule has 1 aromatic heterocycles. The van der Waals surface area contributed by atoms with Gasteiger partial charge in [0.25, 0.3) is 5.56 Å². The van der Waals surface area contributed by atoms with Crippen molar-refractivity contribution in [3.8, 4) is 0 Å². The van der Waals surface area contributed by atoms with E-state index in [4.69, 9.17) is 5.11 Å². The summed E-state index contributed by atoms with van der Waals surface area (Å²) in [4.78, 5) is 12.0. The van der Waals surface area contributed by atoms with Gasteiger partial charge in [-0.15, -0.1) is 0 Å². The Morgan fingerprint density at radius 3 is 2.78 bits per heavy atom. The molecule has 0 aromatic carbocycles. The fraction of sp³-hybridized carbons (Fsp3) is 0.667. The second-order valence-corrected chi connectivity index (χ2v) is 5.68. The number of aliphatic hydroxyl groups is 1. The number of aromatic nitrogens is 2. The van der Waals surface area contributed by atoms with Crippen LogP contribution in [0.15, 0.2) is 15.5 Å². The average molecular weight is 318 g/mol. The third kappa shape index (κ3) is 3.81. The normalized spacial score (nSPS) is 11.6. The van der Waals surface area contributed by atoms with Crippen molar-refractivity contribution in [2.75, 3.05) is 11.9 Å². The highest BCUT2D eigenvalue weighted by Gasteiger charge is 2.19. The van der Waals surface area contributed by atoms with Crippen LogP contribution in [0.3, 0.4) is 0 Å². The van der Waals surface area contributed by atoms with Crippen LogP contribution < -0.4 is 10.9 Å². The Hall–Kier alpha value is -0.880. The molecule has 102 valence electrons. The average Bonchev–Trinajstić information content (AvgIpc) is 2.29. The molecule has 0 aliphatic carbocycles. The molecule has 0 amide bonds. The Morgan fingerprint density at radius 1 is 1.56 bits per heavy atom. The Bertz CT molecular complexity index is 457. The van der Waals surface area contributed by atoms with Crippen LogP contribution in [0.1, 0.15) is 33.6 Å². The molecule has 0 bridgehead atoms. The van der Waals surface area contributed by atoms with Gasteiger partial charge in [-0.1, -0.05) is 6.92 Å². The summed E-state index contributed by atoms with van der Waals surface area (Å²) < 4.78 is 1.92. The fourth-order valence-corrected chi connectivity index (χ4v) is 2.04. The number of nitrogens with one attached hydrogen (secondary N) is 1. The van der Waals surface area contributed by atoms with Crippen molar-refractivity contribution in [3.63, 3.8) is 0 Å². The lowest BCUT2D eigenvalue weighted by molar-refractivity contribution is 0.261. The molecular weight excluding hydrogens is 298 g/mol. The van der Waals surface area contributed by atoms with Gasteiger partial charge < -0.3 is 10.4 Å². The molecule has 1 rings (SSSR count). The van der Waals surface area contributed by atoms with Gasteiger partial charge in [-0.25, -0.2) is 4.68 Å². The van der Waals surface area contributed by atoms with E-state index in [0.29, 0.717) is 23.1 Å². The van der Waals surface area contributed by atoms with E-state index >= 15 is 0 Å². The van der Waals surface area contributed by atoms with Crippen molar-refractivity contribution in [3.05, 3.63) is 21.0 Å². The predicted octanol–water partition coefficient (Wildman–Crippen LogP) is 1.99. The minimum absolute atomic E-state index is 0.0952. The first-order valence-corrected chi connectivity index (χ1v) is 6.85. The summed E-state index contributed by atoms with van der Waals surface area (Å²) in [6, 6.07) is 0. The lowest BCUT2D eigenvalue weighted by Gasteiger charge is -2.27. The topological polar surface area (TPSA) is 67.2 Å². The molecule has 1 heterocycles. The van der Waals surface area contributed by atoms with Crippen molar-refractivity contribution < 1.29 is 5.11 Å². The number of halogens is 1. The van der Waals surface area contributed by atoms with E-state index in [1.165, 1.54) is 4.68 Å². The summed E-state index contributed by atoms with van der Waals surface area (Å²) >= 11 is 3.31. The summed E-state index contributed by atoms with van der Waals surface area (Å²) in [5.41, 5.74) is 0.231. The Labute approximate surface area is 115 Å². The van der Waals surface area contributed by atoms with E-state index in [2.05, 4.69) is 26.3 Å². The standard InChI is InChI=1S/C12H20BrN3O2/c1-4-6-16-11(18)10(13)9(8-14-16)15-12(2,3)5-7-17/h8,15,17H,4-7H2,1-3H3. The van der Waals surface area contributed by atoms with E-state index in [9.17, 15) is 4.79 Å². The van der Waals surface area contributed by atoms with Crippen molar-refractivity contribution >= 4 is 21.6 Å². The summed E-state index contributed by atoms with van der Waals surface area (Å²) in [7, 11) is 0. The molecule has 0 radical (unpaired) electrons. The fourth-order valence-electron chi connectivity index (χ4n) is 1.63. The van der Waals surface area contributed by atoms with Crippen LogP contribution in [0, 0.1) is 0 Å². The molecule has 2 N–H and O–H groups in total. The minimum Gasteiger partial charge on any atom is -0.396 e. The van der Waals surface area contributed by atoms with Gasteiger partial charge in [0.05, 0.1) is 11.9 Å². The number of hydrogen-bond donors (Lipinski definition) is 2. The van der Waals surface area contributed by atoms with E-state index in [1.54, 1.807) is 6.20 Å². The number of hydrogen-bond acceptors (Lipinski definition) is 4. The molecule has 0 atom stereocenters. The molecule has 0 aliphatic rings. The van der Waals surface area contributed by atoms with Crippen LogP contribution in [0.2, 0.25) is 0 Å². The van der Waals surface area contributed by atoms with E-state index < -0.39 is 0 Å². The van der Waals surface area contributed by atoms with Crippen LogP contribution in [0.25, 0.3) is 0 Å². The zero-order valence-corrected chi connectivity index (χ0v) is 12.6. The van der Waals surface area contributed by atoms with Gasteiger partial charge in [0.1, 0.15) is 4.47 Å². The van der Waals surface area contributed by atoms with E-state index in [1.807, 2.05) is 20.8 Å². The number of anilines is 1. The maximum Gasteiger partial charge on any atom is 0.283 e. The third-order valence-corrected chi connectivity index (χ3v) is 3.40. The van der Waals surface area contributed by atoms with Gasteiger partial charge in [-0.05, 0) is 42.6 Å². The molecule has 18 heavy (non-hydrogen) atoms. The van der Waals surface area contributed by atoms with Gasteiger partial charge in [0.15, 0.2) is 0 Å². The highest BCUT2D eigenvalue weighted by molar-refractivity contribution is 9.10. The van der Waals surface area contributed by atoms with E-state index in [-0.39, 0.29) is 17.7 Å². The summed E-state index contributed by atoms with van der Waals surface area (Å²) in [6.45, 7) is 6.63. The maximum atomic E-state index is 12.0. The van der Waals surface area contributed by atoms with Crippen molar-refractivity contribution in [2.45, 2.75) is 45.7 Å². The molecule has 1 aromatic rings. The van der Waals surface area contributed by atoms with Crippen LogP contribution in [0.5, 0.6) is 0 Å². The lowest BCUT2D eigenvalue weighted by atomic mass is 10.0. The van der Waals surface area contributed by atoms with Gasteiger partial charge in [0.2, 0.25) is 0 Å². The van der Waals surface area contributed by atoms with Crippen molar-refractivity contribution in [1.29, 1.82) is 0 Å². The minimum atomic E-state index is -0.289. The van der Waals surface area contributed by atoms with E-state index in [0.717, 1.165) is 6.42 Å². The molecule has 0 spiro atoms. The van der Waals surface area contributed by atoms with Crippen molar-refractivity contribution in [1.82, 2.24) is 9.78 Å². The summed E-state index contributed by atoms with van der Waals surface area (Å²) in [5.74, 6) is 0. The van der Waals surface area contributed by atoms with Gasteiger partial charge in [-0.3, -0.25) is 4.79 Å². The number of aryl methyl sites for hydroxylation is 1. The molecule has 6 heteroatoms. The number of rotatable bonds is 6. The first-order chi connectivity index (χ1) is 8.41. The molecular formula is C12H20BrN3O2. The van der Waals surface area contributed by atoms with Gasteiger partial charge in [-0.2, -0.15) is 5.10 Å². The third-order valence-electron chi connectivity index (χ3n) is 2.63. The molecule has 0 aliphatic heterocycles. The Balaban J connectivity index is 2.99. The smallest absolute Gasteiger partial charge is 0.283 e. The molecule has 5 nitrogen and oxygen atoms in total. The maximum absolute atomic E-state index is 12.0. The first-order valence-electron chi connectivity index (χ1n) is 6.06. The first kappa shape index (κ1) is 15.2. The quantitative estimate of drug-likeness (QED) is 0.842. The second-order valence-electron chi connectivity index (χ2n) is 4.88. The largest absolute Gasteiger partial charge is 0.396 e. The monoisotopic (exact) mass is 317 g/mol. The number of aliphatic hydroxyl groups excluding tert-OH is 1. The summed E-state index contributed by atoms with van der Waals surface area (Å²) in [6.07, 6.45) is 3.10. The van der Waals surface area contributed by atoms with Crippen LogP contribution >= 0.6 is 15.9 Å². The summed E-state index contributed by atoms with van der Waals surface area (Å²) in [5, 5.41) is 16.3. The zero-order valence-electron chi connectivity index (χ0n) is 11.0. The Morgan fingerprint density at radius 2 is 2.22 bits per heavy atom. The van der Waals surface area contributed by atoms with Gasteiger partial charge >= 0.3 is 0 Å². The highest BCUT2D eigenvalue weighted by atomic mass is 79.9. The number of nitrogens with zero attached hydrogens (tertiary/aromatic N) is 2. The van der Waals surface area contributed by atoms with Crippen LogP contribution in [-0.2, 0) is 6.54 Å². The van der Waals surface area contributed by atoms with Crippen LogP contribution in [-0.4, -0.2) is 27.0 Å². The molecule has 0 unspecified atom stereocenters. The molecule has 0 saturated carbocycles. The van der Waals surface area contributed by atoms with Crippen molar-refractivity contribution in [2.24, 2.45) is 0 Å². The van der Waals surface area contributed by atoms with Gasteiger partial charge in [0, 0.05) is 18.7 Å². The lowest BCUT2D eigenvalue weighted by Crippen LogP contribution is -2.34. The zero-order chi connectivity index (χ0) is 13.8. The highest BCUT2D eigenvalue weighted by Crippen LogP contribution is 2.22. The predicted molar refractivity (Wildman–Crippen MR) is 75.9 cm³/mol. The van der Waals surface area contributed by atoms with Crippen LogP contribution in [0.4, 0.5) is 5.69 Å². The second kappa shape index (κ2) is 6.33. The Kier molecular flexibility index (Phi) is 5.34. The molecule has 0 saturated heterocycles.